The zero-order valence-corrected chi connectivity index (χ0v) is 17.7. The van der Waals surface area contributed by atoms with E-state index in [2.05, 4.69) is 34.7 Å². The third-order valence-corrected chi connectivity index (χ3v) is 4.43. The lowest BCUT2D eigenvalue weighted by molar-refractivity contribution is -0.127. The van der Waals surface area contributed by atoms with Gasteiger partial charge < -0.3 is 25.0 Å². The van der Waals surface area contributed by atoms with Crippen molar-refractivity contribution in [2.24, 2.45) is 4.99 Å². The Balaban J connectivity index is 2.15. The number of aliphatic imine (C=N–C) groups is 1. The molecule has 1 unspecified atom stereocenters. The Hall–Kier alpha value is -3.22. The summed E-state index contributed by atoms with van der Waals surface area (Å²) >= 11 is 0. The Labute approximate surface area is 172 Å². The van der Waals surface area contributed by atoms with E-state index >= 15 is 0 Å². The van der Waals surface area contributed by atoms with Gasteiger partial charge in [-0.25, -0.2) is 4.99 Å². The van der Waals surface area contributed by atoms with Crippen molar-refractivity contribution in [2.75, 3.05) is 34.9 Å². The number of carbonyl (C=O) groups is 1. The second-order valence-corrected chi connectivity index (χ2v) is 6.77. The molecule has 0 aliphatic heterocycles. The van der Waals surface area contributed by atoms with Crippen LogP contribution in [-0.2, 0) is 11.3 Å². The molecule has 1 amide bonds. The number of nitrogens with one attached hydrogen (secondary N) is 2. The molecular weight excluding hydrogens is 368 g/mol. The summed E-state index contributed by atoms with van der Waals surface area (Å²) in [4.78, 5) is 18.2. The molecule has 0 heterocycles. The molecule has 29 heavy (non-hydrogen) atoms. The van der Waals surface area contributed by atoms with Gasteiger partial charge in [-0.1, -0.05) is 36.4 Å². The average Bonchev–Trinajstić information content (AvgIpc) is 2.75. The highest BCUT2D eigenvalue weighted by Crippen LogP contribution is 2.27. The maximum atomic E-state index is 12.0. The third kappa shape index (κ3) is 6.71. The van der Waals surface area contributed by atoms with Gasteiger partial charge in [-0.05, 0) is 30.2 Å². The number of methoxy groups -OCH3 is 2. The summed E-state index contributed by atoms with van der Waals surface area (Å²) in [7, 11) is 6.66. The average molecular weight is 399 g/mol. The van der Waals surface area contributed by atoms with Gasteiger partial charge in [0.15, 0.2) is 17.5 Å². The van der Waals surface area contributed by atoms with E-state index in [9.17, 15) is 4.79 Å². The topological polar surface area (TPSA) is 75.2 Å². The first-order valence-electron chi connectivity index (χ1n) is 9.45. The van der Waals surface area contributed by atoms with Crippen molar-refractivity contribution in [3.8, 4) is 11.5 Å². The van der Waals surface area contributed by atoms with E-state index in [1.54, 1.807) is 33.2 Å². The largest absolute Gasteiger partial charge is 0.493 e. The van der Waals surface area contributed by atoms with E-state index in [1.165, 1.54) is 0 Å². The number of ether oxygens (including phenoxy) is 2. The molecule has 0 aliphatic carbocycles. The van der Waals surface area contributed by atoms with Crippen LogP contribution in [0.1, 0.15) is 24.1 Å². The smallest absolute Gasteiger partial charge is 0.241 e. The molecule has 2 rings (SSSR count). The van der Waals surface area contributed by atoms with Crippen LogP contribution < -0.4 is 20.1 Å². The van der Waals surface area contributed by atoms with Crippen LogP contribution in [0.2, 0.25) is 0 Å². The highest BCUT2D eigenvalue weighted by molar-refractivity contribution is 5.86. The lowest BCUT2D eigenvalue weighted by Crippen LogP contribution is -2.43. The molecule has 1 atom stereocenters. The van der Waals surface area contributed by atoms with Gasteiger partial charge in [-0.15, -0.1) is 0 Å². The number of hydrogen-bond acceptors (Lipinski definition) is 4. The zero-order chi connectivity index (χ0) is 21.2. The highest BCUT2D eigenvalue weighted by atomic mass is 16.5. The lowest BCUT2D eigenvalue weighted by atomic mass is 10.1. The fourth-order valence-corrected chi connectivity index (χ4v) is 2.65. The number of benzene rings is 2. The van der Waals surface area contributed by atoms with Crippen molar-refractivity contribution in [3.05, 3.63) is 59.7 Å². The summed E-state index contributed by atoms with van der Waals surface area (Å²) in [6, 6.07) is 15.8. The minimum Gasteiger partial charge on any atom is -0.493 e. The standard InChI is InChI=1S/C22H30N4O3/c1-16(18-9-7-6-8-10-18)25-22(24-15-21(27)26(2)3)23-14-17-11-12-19(28-4)20(13-17)29-5/h6-13,16H,14-15H2,1-5H3,(H2,23,24,25). The number of guanidine groups is 1. The van der Waals surface area contributed by atoms with Crippen LogP contribution in [-0.4, -0.2) is 51.6 Å². The number of rotatable bonds is 8. The number of amides is 1. The second kappa shape index (κ2) is 10.9. The Morgan fingerprint density at radius 2 is 1.76 bits per heavy atom. The van der Waals surface area contributed by atoms with Crippen molar-refractivity contribution in [1.82, 2.24) is 15.5 Å². The zero-order valence-electron chi connectivity index (χ0n) is 17.7. The molecule has 0 bridgehead atoms. The summed E-state index contributed by atoms with van der Waals surface area (Å²) in [5.74, 6) is 1.86. The molecule has 7 nitrogen and oxygen atoms in total. The van der Waals surface area contributed by atoms with Gasteiger partial charge in [0.2, 0.25) is 5.91 Å². The minimum absolute atomic E-state index is 0.0296. The van der Waals surface area contributed by atoms with Crippen molar-refractivity contribution >= 4 is 11.9 Å². The van der Waals surface area contributed by atoms with E-state index in [0.29, 0.717) is 24.0 Å². The normalized spacial score (nSPS) is 12.1. The van der Waals surface area contributed by atoms with Crippen molar-refractivity contribution in [3.63, 3.8) is 0 Å². The van der Waals surface area contributed by atoms with Crippen LogP contribution in [0.4, 0.5) is 0 Å². The molecule has 2 aromatic carbocycles. The predicted octanol–water partition coefficient (Wildman–Crippen LogP) is 2.59. The monoisotopic (exact) mass is 398 g/mol. The van der Waals surface area contributed by atoms with E-state index < -0.39 is 0 Å². The van der Waals surface area contributed by atoms with Crippen LogP contribution in [0, 0.1) is 0 Å². The van der Waals surface area contributed by atoms with Crippen LogP contribution >= 0.6 is 0 Å². The van der Waals surface area contributed by atoms with E-state index in [4.69, 9.17) is 9.47 Å². The Morgan fingerprint density at radius 1 is 1.07 bits per heavy atom. The molecule has 0 fully saturated rings. The molecule has 0 radical (unpaired) electrons. The summed E-state index contributed by atoms with van der Waals surface area (Å²) in [6.07, 6.45) is 0. The van der Waals surface area contributed by atoms with Gasteiger partial charge in [-0.3, -0.25) is 4.79 Å². The van der Waals surface area contributed by atoms with Gasteiger partial charge in [0, 0.05) is 14.1 Å². The maximum absolute atomic E-state index is 12.0. The van der Waals surface area contributed by atoms with Crippen molar-refractivity contribution in [1.29, 1.82) is 0 Å². The fourth-order valence-electron chi connectivity index (χ4n) is 2.65. The first-order valence-corrected chi connectivity index (χ1v) is 9.45. The second-order valence-electron chi connectivity index (χ2n) is 6.77. The minimum atomic E-state index is -0.0296. The highest BCUT2D eigenvalue weighted by Gasteiger charge is 2.11. The Bertz CT molecular complexity index is 822. The van der Waals surface area contributed by atoms with E-state index in [0.717, 1.165) is 11.1 Å². The number of nitrogens with zero attached hydrogens (tertiary/aromatic N) is 2. The fraction of sp³-hybridized carbons (Fsp3) is 0.364. The van der Waals surface area contributed by atoms with Gasteiger partial charge in [0.1, 0.15) is 0 Å². The molecule has 2 aromatic rings. The lowest BCUT2D eigenvalue weighted by Gasteiger charge is -2.19. The SMILES string of the molecule is COc1ccc(CN=C(NCC(=O)N(C)C)NC(C)c2ccccc2)cc1OC. The molecule has 7 heteroatoms. The summed E-state index contributed by atoms with van der Waals surface area (Å²) in [5.41, 5.74) is 2.10. The van der Waals surface area contributed by atoms with Crippen molar-refractivity contribution < 1.29 is 14.3 Å². The number of likely N-dealkylation sites (N-methyl/N-ethyl adjacent to an activating group) is 1. The Kier molecular flexibility index (Phi) is 8.33. The first kappa shape index (κ1) is 22.1. The maximum Gasteiger partial charge on any atom is 0.241 e. The van der Waals surface area contributed by atoms with E-state index in [1.807, 2.05) is 36.4 Å². The van der Waals surface area contributed by atoms with Crippen LogP contribution in [0.15, 0.2) is 53.5 Å². The number of hydrogen-bond donors (Lipinski definition) is 2. The van der Waals surface area contributed by atoms with Gasteiger partial charge in [0.25, 0.3) is 0 Å². The molecule has 0 aliphatic rings. The molecule has 0 aromatic heterocycles. The van der Waals surface area contributed by atoms with Gasteiger partial charge in [-0.2, -0.15) is 0 Å². The Morgan fingerprint density at radius 3 is 2.38 bits per heavy atom. The third-order valence-electron chi connectivity index (χ3n) is 4.43. The van der Waals surface area contributed by atoms with Crippen LogP contribution in [0.25, 0.3) is 0 Å². The molecule has 2 N–H and O–H groups in total. The summed E-state index contributed by atoms with van der Waals surface area (Å²) < 4.78 is 10.6. The van der Waals surface area contributed by atoms with Crippen LogP contribution in [0.5, 0.6) is 11.5 Å². The number of carbonyl (C=O) groups excluding carboxylic acids is 1. The molecule has 0 saturated carbocycles. The molecule has 156 valence electrons. The van der Waals surface area contributed by atoms with Crippen LogP contribution in [0.3, 0.4) is 0 Å². The quantitative estimate of drug-likeness (QED) is 0.528. The predicted molar refractivity (Wildman–Crippen MR) is 115 cm³/mol. The molecule has 0 saturated heterocycles. The van der Waals surface area contributed by atoms with Gasteiger partial charge >= 0.3 is 0 Å². The van der Waals surface area contributed by atoms with Gasteiger partial charge in [0.05, 0.1) is 33.4 Å². The first-order chi connectivity index (χ1) is 13.9. The molecular formula is C22H30N4O3. The summed E-state index contributed by atoms with van der Waals surface area (Å²) in [5, 5.41) is 6.48. The van der Waals surface area contributed by atoms with Crippen molar-refractivity contribution in [2.45, 2.75) is 19.5 Å². The van der Waals surface area contributed by atoms with E-state index in [-0.39, 0.29) is 18.5 Å². The molecule has 0 spiro atoms. The summed E-state index contributed by atoms with van der Waals surface area (Å²) in [6.45, 7) is 2.64.